The molecular formula is C26H29ClN2O7S. The highest BCUT2D eigenvalue weighted by molar-refractivity contribution is 7.92. The Hall–Kier alpha value is -3.63. The lowest BCUT2D eigenvalue weighted by molar-refractivity contribution is -0.120. The molecule has 37 heavy (non-hydrogen) atoms. The van der Waals surface area contributed by atoms with E-state index in [1.807, 2.05) is 12.1 Å². The molecule has 1 atom stereocenters. The summed E-state index contributed by atoms with van der Waals surface area (Å²) in [7, 11) is 1.54. The Morgan fingerprint density at radius 3 is 2.08 bits per heavy atom. The van der Waals surface area contributed by atoms with Crippen molar-refractivity contribution in [2.24, 2.45) is 0 Å². The van der Waals surface area contributed by atoms with Gasteiger partial charge in [-0.2, -0.15) is 0 Å². The lowest BCUT2D eigenvalue weighted by Crippen LogP contribution is -2.41. The Morgan fingerprint density at radius 1 is 0.865 bits per heavy atom. The SMILES string of the molecule is COc1ccc([C@@H](C)NC(=O)CN(c2cc(Cl)ccc2OC)S(=O)(=O)c2ccc(OC)c(OC)c2)cc1. The number of hydrogen-bond acceptors (Lipinski definition) is 7. The normalized spacial score (nSPS) is 11.8. The maximum atomic E-state index is 13.9. The highest BCUT2D eigenvalue weighted by Gasteiger charge is 2.31. The monoisotopic (exact) mass is 548 g/mol. The van der Waals surface area contributed by atoms with Crippen molar-refractivity contribution in [3.8, 4) is 23.0 Å². The molecule has 11 heteroatoms. The number of carbonyl (C=O) groups excluding carboxylic acids is 1. The average Bonchev–Trinajstić information content (AvgIpc) is 2.91. The molecule has 0 bridgehead atoms. The zero-order chi connectivity index (χ0) is 27.2. The fourth-order valence-electron chi connectivity index (χ4n) is 3.66. The molecule has 0 radical (unpaired) electrons. The zero-order valence-electron chi connectivity index (χ0n) is 21.1. The molecule has 1 amide bonds. The van der Waals surface area contributed by atoms with Crippen molar-refractivity contribution in [3.63, 3.8) is 0 Å². The van der Waals surface area contributed by atoms with Gasteiger partial charge in [0.05, 0.1) is 45.1 Å². The van der Waals surface area contributed by atoms with Gasteiger partial charge in [-0.05, 0) is 55.0 Å². The van der Waals surface area contributed by atoms with Crippen molar-refractivity contribution in [2.45, 2.75) is 17.9 Å². The van der Waals surface area contributed by atoms with Gasteiger partial charge in [0.25, 0.3) is 10.0 Å². The highest BCUT2D eigenvalue weighted by Crippen LogP contribution is 2.37. The Labute approximate surface area is 221 Å². The van der Waals surface area contributed by atoms with E-state index >= 15 is 0 Å². The predicted molar refractivity (Wildman–Crippen MR) is 142 cm³/mol. The van der Waals surface area contributed by atoms with Gasteiger partial charge < -0.3 is 24.3 Å². The number of halogens is 1. The average molecular weight is 549 g/mol. The van der Waals surface area contributed by atoms with E-state index in [1.165, 1.54) is 51.7 Å². The fourth-order valence-corrected chi connectivity index (χ4v) is 5.26. The van der Waals surface area contributed by atoms with Crippen LogP contribution < -0.4 is 28.6 Å². The third kappa shape index (κ3) is 6.39. The molecule has 1 N–H and O–H groups in total. The number of rotatable bonds is 11. The summed E-state index contributed by atoms with van der Waals surface area (Å²) < 4.78 is 49.8. The molecule has 0 saturated heterocycles. The molecule has 9 nitrogen and oxygen atoms in total. The van der Waals surface area contributed by atoms with Gasteiger partial charge in [0, 0.05) is 11.1 Å². The minimum atomic E-state index is -4.28. The minimum absolute atomic E-state index is 0.108. The molecular weight excluding hydrogens is 520 g/mol. The van der Waals surface area contributed by atoms with Gasteiger partial charge in [-0.25, -0.2) is 8.42 Å². The van der Waals surface area contributed by atoms with E-state index in [-0.39, 0.29) is 27.1 Å². The zero-order valence-corrected chi connectivity index (χ0v) is 22.7. The van der Waals surface area contributed by atoms with Crippen LogP contribution in [0.5, 0.6) is 23.0 Å². The third-order valence-electron chi connectivity index (χ3n) is 5.63. The Balaban J connectivity index is 2.00. The quantitative estimate of drug-likeness (QED) is 0.377. The summed E-state index contributed by atoms with van der Waals surface area (Å²) in [6.45, 7) is 1.26. The molecule has 0 aromatic heterocycles. The number of benzene rings is 3. The number of methoxy groups -OCH3 is 4. The second-order valence-corrected chi connectivity index (χ2v) is 10.2. The maximum absolute atomic E-state index is 13.9. The van der Waals surface area contributed by atoms with Crippen LogP contribution >= 0.6 is 11.6 Å². The first-order chi connectivity index (χ1) is 17.6. The summed E-state index contributed by atoms with van der Waals surface area (Å²) in [6.07, 6.45) is 0. The van der Waals surface area contributed by atoms with Gasteiger partial charge in [0.1, 0.15) is 18.0 Å². The molecule has 198 valence electrons. The largest absolute Gasteiger partial charge is 0.497 e. The van der Waals surface area contributed by atoms with Crippen LogP contribution in [-0.4, -0.2) is 49.3 Å². The molecule has 0 aliphatic carbocycles. The maximum Gasteiger partial charge on any atom is 0.265 e. The number of anilines is 1. The molecule has 0 aliphatic rings. The van der Waals surface area contributed by atoms with Gasteiger partial charge in [0.15, 0.2) is 11.5 Å². The number of sulfonamides is 1. The Morgan fingerprint density at radius 2 is 1.49 bits per heavy atom. The molecule has 3 rings (SSSR count). The standard InChI is InChI=1S/C26H29ClN2O7S/c1-17(18-6-9-20(33-2)10-7-18)28-26(30)16-29(22-14-19(27)8-12-23(22)34-3)37(31,32)21-11-13-24(35-4)25(15-21)36-5/h6-15,17H,16H2,1-5H3,(H,28,30)/t17-/m1/s1. The van der Waals surface area contributed by atoms with Crippen molar-refractivity contribution < 1.29 is 32.2 Å². The predicted octanol–water partition coefficient (Wildman–Crippen LogP) is 4.45. The van der Waals surface area contributed by atoms with Crippen molar-refractivity contribution in [2.75, 3.05) is 39.3 Å². The van der Waals surface area contributed by atoms with Gasteiger partial charge in [0.2, 0.25) is 5.91 Å². The van der Waals surface area contributed by atoms with Crippen LogP contribution in [0, 0.1) is 0 Å². The number of carbonyl (C=O) groups is 1. The summed E-state index contributed by atoms with van der Waals surface area (Å²) >= 11 is 6.20. The molecule has 0 saturated carbocycles. The second kappa shape index (κ2) is 12.1. The van der Waals surface area contributed by atoms with Crippen LogP contribution in [0.2, 0.25) is 5.02 Å². The first kappa shape index (κ1) is 27.9. The van der Waals surface area contributed by atoms with Crippen molar-refractivity contribution in [1.29, 1.82) is 0 Å². The van der Waals surface area contributed by atoms with Crippen molar-refractivity contribution >= 4 is 33.2 Å². The van der Waals surface area contributed by atoms with Crippen LogP contribution in [0.4, 0.5) is 5.69 Å². The van der Waals surface area contributed by atoms with E-state index in [4.69, 9.17) is 30.5 Å². The van der Waals surface area contributed by atoms with Gasteiger partial charge in [-0.1, -0.05) is 23.7 Å². The van der Waals surface area contributed by atoms with Gasteiger partial charge in [-0.3, -0.25) is 9.10 Å². The minimum Gasteiger partial charge on any atom is -0.497 e. The van der Waals surface area contributed by atoms with E-state index in [9.17, 15) is 13.2 Å². The molecule has 0 fully saturated rings. The summed E-state index contributed by atoms with van der Waals surface area (Å²) in [5.74, 6) is 0.958. The molecule has 0 unspecified atom stereocenters. The highest BCUT2D eigenvalue weighted by atomic mass is 35.5. The van der Waals surface area contributed by atoms with Crippen LogP contribution in [0.1, 0.15) is 18.5 Å². The topological polar surface area (TPSA) is 103 Å². The summed E-state index contributed by atoms with van der Waals surface area (Å²) in [4.78, 5) is 13.1. The third-order valence-corrected chi connectivity index (χ3v) is 7.62. The number of hydrogen-bond donors (Lipinski definition) is 1. The number of ether oxygens (including phenoxy) is 4. The number of nitrogens with one attached hydrogen (secondary N) is 1. The van der Waals surface area contributed by atoms with E-state index in [0.29, 0.717) is 11.5 Å². The number of amides is 1. The molecule has 0 spiro atoms. The van der Waals surface area contributed by atoms with Crippen molar-refractivity contribution in [3.05, 3.63) is 71.2 Å². The van der Waals surface area contributed by atoms with Crippen LogP contribution in [0.25, 0.3) is 0 Å². The van der Waals surface area contributed by atoms with E-state index in [0.717, 1.165) is 9.87 Å². The smallest absolute Gasteiger partial charge is 0.265 e. The van der Waals surface area contributed by atoms with Crippen LogP contribution in [0.15, 0.2) is 65.6 Å². The van der Waals surface area contributed by atoms with E-state index in [2.05, 4.69) is 5.32 Å². The van der Waals surface area contributed by atoms with E-state index in [1.54, 1.807) is 32.2 Å². The lowest BCUT2D eigenvalue weighted by Gasteiger charge is -2.27. The molecule has 0 aliphatic heterocycles. The summed E-state index contributed by atoms with van der Waals surface area (Å²) in [5, 5.41) is 3.12. The summed E-state index contributed by atoms with van der Waals surface area (Å²) in [5.41, 5.74) is 0.931. The first-order valence-electron chi connectivity index (χ1n) is 11.2. The van der Waals surface area contributed by atoms with Crippen LogP contribution in [0.3, 0.4) is 0 Å². The Bertz CT molecular complexity index is 1350. The second-order valence-electron chi connectivity index (χ2n) is 7.91. The Kier molecular flexibility index (Phi) is 9.12. The fraction of sp³-hybridized carbons (Fsp3) is 0.269. The first-order valence-corrected chi connectivity index (χ1v) is 13.0. The summed E-state index contributed by atoms with van der Waals surface area (Å²) in [6, 6.07) is 15.5. The van der Waals surface area contributed by atoms with E-state index < -0.39 is 28.5 Å². The van der Waals surface area contributed by atoms with Crippen LogP contribution in [-0.2, 0) is 14.8 Å². The van der Waals surface area contributed by atoms with Crippen molar-refractivity contribution in [1.82, 2.24) is 5.32 Å². The lowest BCUT2D eigenvalue weighted by atomic mass is 10.1. The van der Waals surface area contributed by atoms with Gasteiger partial charge >= 0.3 is 0 Å². The number of nitrogens with zero attached hydrogens (tertiary/aromatic N) is 1. The molecule has 0 heterocycles. The molecule has 3 aromatic carbocycles. The van der Waals surface area contributed by atoms with Gasteiger partial charge in [-0.15, -0.1) is 0 Å². The molecule has 3 aromatic rings.